The monoisotopic (exact) mass is 257 g/mol. The molecule has 1 fully saturated rings. The highest BCUT2D eigenvalue weighted by atomic mass is 79.9. The Morgan fingerprint density at radius 1 is 1.57 bits per heavy atom. The molecule has 1 aromatic heterocycles. The standard InChI is InChI=1S/C11H15BrN2/c1-9-4-2-3-7-14(9)10-5-6-11(12)13-8-10/h5-6,8-9H,2-4,7H2,1H3/i5D,6D,8D. The predicted octanol–water partition coefficient (Wildman–Crippen LogP) is 3.22. The van der Waals surface area contributed by atoms with Crippen LogP contribution >= 0.6 is 15.9 Å². The van der Waals surface area contributed by atoms with E-state index < -0.39 is 0 Å². The predicted molar refractivity (Wildman–Crippen MR) is 62.6 cm³/mol. The molecular weight excluding hydrogens is 240 g/mol. The number of rotatable bonds is 1. The Hall–Kier alpha value is -0.570. The lowest BCUT2D eigenvalue weighted by molar-refractivity contribution is 0.484. The quantitative estimate of drug-likeness (QED) is 0.719. The fourth-order valence-corrected chi connectivity index (χ4v) is 2.02. The smallest absolute Gasteiger partial charge is 0.106 e. The largest absolute Gasteiger partial charge is 0.368 e. The summed E-state index contributed by atoms with van der Waals surface area (Å²) in [5.41, 5.74) is 0.505. The first-order valence-electron chi connectivity index (χ1n) is 6.42. The van der Waals surface area contributed by atoms with Gasteiger partial charge in [-0.25, -0.2) is 4.98 Å². The molecule has 0 radical (unpaired) electrons. The summed E-state index contributed by atoms with van der Waals surface area (Å²) in [6.07, 6.45) is 3.43. The maximum absolute atomic E-state index is 7.98. The lowest BCUT2D eigenvalue weighted by atomic mass is 10.0. The maximum Gasteiger partial charge on any atom is 0.106 e. The summed E-state index contributed by atoms with van der Waals surface area (Å²) in [7, 11) is 0. The molecule has 14 heavy (non-hydrogen) atoms. The molecular formula is C11H15BrN2. The van der Waals surface area contributed by atoms with E-state index in [9.17, 15) is 0 Å². The van der Waals surface area contributed by atoms with Crippen LogP contribution in [-0.2, 0) is 0 Å². The number of piperidine rings is 1. The van der Waals surface area contributed by atoms with Gasteiger partial charge in [0.2, 0.25) is 0 Å². The number of hydrogen-bond donors (Lipinski definition) is 0. The first-order valence-corrected chi connectivity index (χ1v) is 5.71. The van der Waals surface area contributed by atoms with E-state index in [2.05, 4.69) is 27.8 Å². The average molecular weight is 258 g/mol. The van der Waals surface area contributed by atoms with Crippen LogP contribution in [0.4, 0.5) is 5.69 Å². The minimum Gasteiger partial charge on any atom is -0.368 e. The molecule has 1 aliphatic heterocycles. The number of pyridine rings is 1. The van der Waals surface area contributed by atoms with Gasteiger partial charge >= 0.3 is 0 Å². The number of hydrogen-bond acceptors (Lipinski definition) is 2. The molecule has 1 saturated heterocycles. The molecule has 0 aliphatic carbocycles. The summed E-state index contributed by atoms with van der Waals surface area (Å²) in [6.45, 7) is 2.95. The Balaban J connectivity index is 2.47. The van der Waals surface area contributed by atoms with E-state index in [-0.39, 0.29) is 22.9 Å². The summed E-state index contributed by atoms with van der Waals surface area (Å²) in [5, 5.41) is 0. The molecule has 0 spiro atoms. The molecule has 2 nitrogen and oxygen atoms in total. The Kier molecular flexibility index (Phi) is 2.10. The van der Waals surface area contributed by atoms with Gasteiger partial charge in [0, 0.05) is 12.6 Å². The highest BCUT2D eigenvalue weighted by molar-refractivity contribution is 9.10. The van der Waals surface area contributed by atoms with Crippen LogP contribution in [0.5, 0.6) is 0 Å². The van der Waals surface area contributed by atoms with Crippen LogP contribution in [0.1, 0.15) is 30.3 Å². The third-order valence-corrected chi connectivity index (χ3v) is 3.01. The normalized spacial score (nSPS) is 25.4. The zero-order valence-electron chi connectivity index (χ0n) is 11.2. The van der Waals surface area contributed by atoms with E-state index in [1.165, 1.54) is 6.42 Å². The van der Waals surface area contributed by atoms with E-state index in [4.69, 9.17) is 4.11 Å². The van der Waals surface area contributed by atoms with Crippen molar-refractivity contribution in [2.75, 3.05) is 11.4 Å². The number of halogens is 1. The lowest BCUT2D eigenvalue weighted by Crippen LogP contribution is -2.37. The van der Waals surface area contributed by atoms with Gasteiger partial charge in [0.05, 0.1) is 16.0 Å². The van der Waals surface area contributed by atoms with Gasteiger partial charge in [0.1, 0.15) is 4.60 Å². The highest BCUT2D eigenvalue weighted by Gasteiger charge is 2.18. The molecule has 3 heteroatoms. The number of nitrogens with zero attached hydrogens (tertiary/aromatic N) is 2. The van der Waals surface area contributed by atoms with Crippen LogP contribution in [-0.4, -0.2) is 17.6 Å². The van der Waals surface area contributed by atoms with Gasteiger partial charge in [-0.2, -0.15) is 0 Å². The minimum atomic E-state index is 0.0637. The summed E-state index contributed by atoms with van der Waals surface area (Å²) in [6, 6.07) is 0.485. The molecule has 76 valence electrons. The Labute approximate surface area is 97.7 Å². The van der Waals surface area contributed by atoms with Crippen LogP contribution in [0.15, 0.2) is 22.9 Å². The van der Waals surface area contributed by atoms with Crippen LogP contribution in [0.25, 0.3) is 0 Å². The number of aromatic nitrogens is 1. The van der Waals surface area contributed by atoms with Gasteiger partial charge in [-0.15, -0.1) is 0 Å². The van der Waals surface area contributed by atoms with E-state index in [1.807, 2.05) is 4.90 Å². The third-order valence-electron chi connectivity index (χ3n) is 2.63. The van der Waals surface area contributed by atoms with Crippen molar-refractivity contribution in [3.63, 3.8) is 0 Å². The van der Waals surface area contributed by atoms with Gasteiger partial charge in [-0.3, -0.25) is 0 Å². The lowest BCUT2D eigenvalue weighted by Gasteiger charge is -2.35. The molecule has 0 aromatic carbocycles. The van der Waals surface area contributed by atoms with Gasteiger partial charge in [0.15, 0.2) is 0 Å². The van der Waals surface area contributed by atoms with Gasteiger partial charge in [-0.1, -0.05) is 0 Å². The molecule has 2 rings (SSSR count). The Morgan fingerprint density at radius 2 is 2.43 bits per heavy atom. The summed E-state index contributed by atoms with van der Waals surface area (Å²) >= 11 is 3.11. The second kappa shape index (κ2) is 4.30. The topological polar surface area (TPSA) is 16.1 Å². The summed E-state index contributed by atoms with van der Waals surface area (Å²) in [5.74, 6) is 0. The Bertz CT molecular complexity index is 439. The van der Waals surface area contributed by atoms with Gasteiger partial charge in [-0.05, 0) is 54.2 Å². The van der Waals surface area contributed by atoms with Crippen molar-refractivity contribution in [3.05, 3.63) is 22.9 Å². The Morgan fingerprint density at radius 3 is 3.21 bits per heavy atom. The first-order chi connectivity index (χ1) is 8.02. The molecule has 0 N–H and O–H groups in total. The third kappa shape index (κ3) is 2.08. The summed E-state index contributed by atoms with van der Waals surface area (Å²) in [4.78, 5) is 6.03. The van der Waals surface area contributed by atoms with Gasteiger partial charge in [0.25, 0.3) is 0 Å². The molecule has 1 aliphatic rings. The van der Waals surface area contributed by atoms with Crippen molar-refractivity contribution in [3.8, 4) is 0 Å². The average Bonchev–Trinajstić information content (AvgIpc) is 2.29. The van der Waals surface area contributed by atoms with E-state index in [0.29, 0.717) is 11.7 Å². The second-order valence-electron chi connectivity index (χ2n) is 3.65. The molecule has 1 unspecified atom stereocenters. The van der Waals surface area contributed by atoms with E-state index >= 15 is 0 Å². The summed E-state index contributed by atoms with van der Waals surface area (Å²) < 4.78 is 23.9. The maximum atomic E-state index is 7.98. The molecule has 0 bridgehead atoms. The van der Waals surface area contributed by atoms with Crippen molar-refractivity contribution in [1.29, 1.82) is 0 Å². The SMILES string of the molecule is [2H]c1nc(Br)c([2H])c([2H])c1N1CCCCC1C. The second-order valence-corrected chi connectivity index (χ2v) is 4.40. The van der Waals surface area contributed by atoms with Crippen LogP contribution in [0.2, 0.25) is 0 Å². The molecule has 2 heterocycles. The van der Waals surface area contributed by atoms with Crippen molar-refractivity contribution in [2.45, 2.75) is 32.2 Å². The van der Waals surface area contributed by atoms with Crippen LogP contribution in [0.3, 0.4) is 0 Å². The highest BCUT2D eigenvalue weighted by Crippen LogP contribution is 2.24. The van der Waals surface area contributed by atoms with Gasteiger partial charge < -0.3 is 4.90 Å². The van der Waals surface area contributed by atoms with Crippen molar-refractivity contribution in [2.24, 2.45) is 0 Å². The fraction of sp³-hybridized carbons (Fsp3) is 0.545. The van der Waals surface area contributed by atoms with Crippen molar-refractivity contribution in [1.82, 2.24) is 4.98 Å². The minimum absolute atomic E-state index is 0.0637. The van der Waals surface area contributed by atoms with Crippen molar-refractivity contribution < 1.29 is 4.11 Å². The van der Waals surface area contributed by atoms with Crippen LogP contribution < -0.4 is 4.90 Å². The van der Waals surface area contributed by atoms with E-state index in [0.717, 1.165) is 19.4 Å². The zero-order chi connectivity index (χ0) is 12.6. The molecule has 1 atom stereocenters. The number of anilines is 1. The first kappa shape index (κ1) is 6.83. The van der Waals surface area contributed by atoms with Crippen molar-refractivity contribution >= 4 is 21.6 Å². The zero-order valence-corrected chi connectivity index (χ0v) is 9.76. The fourth-order valence-electron chi connectivity index (χ4n) is 1.84. The molecule has 0 amide bonds. The molecule has 0 saturated carbocycles. The van der Waals surface area contributed by atoms with Crippen LogP contribution in [0, 0.1) is 0 Å². The molecule has 1 aromatic rings. The van der Waals surface area contributed by atoms with E-state index in [1.54, 1.807) is 0 Å².